The van der Waals surface area contributed by atoms with Crippen LogP contribution >= 0.6 is 0 Å². The van der Waals surface area contributed by atoms with E-state index in [4.69, 9.17) is 5.73 Å². The molecule has 0 fully saturated rings. The maximum Gasteiger partial charge on any atom is 0.249 e. The lowest BCUT2D eigenvalue weighted by molar-refractivity contribution is 0.0965. The van der Waals surface area contributed by atoms with Crippen molar-refractivity contribution in [3.8, 4) is 0 Å². The number of Topliss-reactive ketones (excluding diaryl/α,β-unsaturated/α-hetero) is 2. The van der Waals surface area contributed by atoms with Gasteiger partial charge in [0, 0.05) is 17.5 Å². The summed E-state index contributed by atoms with van der Waals surface area (Å²) in [5.41, 5.74) is 7.64. The molecule has 0 saturated carbocycles. The third-order valence-corrected chi connectivity index (χ3v) is 4.69. The Morgan fingerprint density at radius 3 is 2.00 bits per heavy atom. The predicted octanol–water partition coefficient (Wildman–Crippen LogP) is 4.93. The molecule has 2 N–H and O–H groups in total. The Morgan fingerprint density at radius 2 is 1.48 bits per heavy atom. The number of aryl methyl sites for hydroxylation is 1. The van der Waals surface area contributed by atoms with Gasteiger partial charge in [-0.15, -0.1) is 0 Å². The van der Waals surface area contributed by atoms with Crippen LogP contribution in [0, 0.1) is 13.8 Å². The molecule has 1 aromatic rings. The van der Waals surface area contributed by atoms with Gasteiger partial charge in [0.15, 0.2) is 11.6 Å². The van der Waals surface area contributed by atoms with Crippen LogP contribution in [-0.4, -0.2) is 17.5 Å². The number of amides is 1. The van der Waals surface area contributed by atoms with Crippen LogP contribution in [0.25, 0.3) is 0 Å². The highest BCUT2D eigenvalue weighted by molar-refractivity contribution is 6.11. The average molecular weight is 345 g/mol. The van der Waals surface area contributed by atoms with Gasteiger partial charge in [-0.2, -0.15) is 0 Å². The minimum atomic E-state index is -0.628. The van der Waals surface area contributed by atoms with Crippen molar-refractivity contribution in [3.63, 3.8) is 0 Å². The van der Waals surface area contributed by atoms with Crippen LogP contribution in [0.4, 0.5) is 0 Å². The number of unbranched alkanes of at least 4 members (excludes halogenated alkanes) is 6. The first-order chi connectivity index (χ1) is 11.8. The van der Waals surface area contributed by atoms with Gasteiger partial charge in [-0.1, -0.05) is 45.4 Å². The normalized spacial score (nSPS) is 10.7. The van der Waals surface area contributed by atoms with Gasteiger partial charge in [-0.3, -0.25) is 14.4 Å². The highest BCUT2D eigenvalue weighted by atomic mass is 16.1. The number of rotatable bonds is 11. The Hall–Kier alpha value is -1.97. The monoisotopic (exact) mass is 345 g/mol. The van der Waals surface area contributed by atoms with Crippen molar-refractivity contribution in [3.05, 3.63) is 33.9 Å². The minimum Gasteiger partial charge on any atom is -0.366 e. The van der Waals surface area contributed by atoms with E-state index in [1.54, 1.807) is 19.9 Å². The second-order valence-electron chi connectivity index (χ2n) is 6.83. The van der Waals surface area contributed by atoms with Gasteiger partial charge in [0.2, 0.25) is 5.91 Å². The maximum atomic E-state index is 12.6. The number of carbonyl (C=O) groups excluding carboxylic acids is 3. The van der Waals surface area contributed by atoms with Crippen molar-refractivity contribution in [2.24, 2.45) is 5.73 Å². The molecule has 0 bridgehead atoms. The molecule has 0 aromatic heterocycles. The third-order valence-electron chi connectivity index (χ3n) is 4.69. The summed E-state index contributed by atoms with van der Waals surface area (Å²) in [5, 5.41) is 0. The lowest BCUT2D eigenvalue weighted by atomic mass is 9.88. The molecular weight excluding hydrogens is 314 g/mol. The van der Waals surface area contributed by atoms with E-state index in [0.717, 1.165) is 19.3 Å². The van der Waals surface area contributed by atoms with E-state index in [9.17, 15) is 14.4 Å². The molecule has 0 atom stereocenters. The van der Waals surface area contributed by atoms with Crippen molar-refractivity contribution in [2.45, 2.75) is 79.1 Å². The zero-order valence-electron chi connectivity index (χ0n) is 16.0. The molecule has 1 amide bonds. The highest BCUT2D eigenvalue weighted by Crippen LogP contribution is 2.25. The summed E-state index contributed by atoms with van der Waals surface area (Å²) in [6, 6.07) is 1.70. The molecule has 4 heteroatoms. The van der Waals surface area contributed by atoms with Crippen LogP contribution in [0.3, 0.4) is 0 Å². The fourth-order valence-electron chi connectivity index (χ4n) is 3.34. The molecule has 0 aliphatic carbocycles. The standard InChI is InChI=1S/C21H31NO3/c1-5-6-7-8-9-10-11-12-18(24)17-13-14(2)19(21(22)25)20(15(17)3)16(4)23/h13H,5-12H2,1-4H3,(H2,22,25). The fourth-order valence-corrected chi connectivity index (χ4v) is 3.34. The molecule has 0 unspecified atom stereocenters. The number of hydrogen-bond acceptors (Lipinski definition) is 3. The molecule has 1 aromatic carbocycles. The molecular formula is C21H31NO3. The van der Waals surface area contributed by atoms with E-state index in [1.807, 2.05) is 0 Å². The Labute approximate surface area is 151 Å². The number of primary amides is 1. The number of benzene rings is 1. The first kappa shape index (κ1) is 21.1. The Morgan fingerprint density at radius 1 is 0.920 bits per heavy atom. The number of hydrogen-bond donors (Lipinski definition) is 1. The van der Waals surface area contributed by atoms with Gasteiger partial charge in [0.25, 0.3) is 0 Å². The predicted molar refractivity (Wildman–Crippen MR) is 101 cm³/mol. The molecule has 1 rings (SSSR count). The minimum absolute atomic E-state index is 0.0349. The third kappa shape index (κ3) is 5.80. The van der Waals surface area contributed by atoms with Crippen LogP contribution in [0.2, 0.25) is 0 Å². The topological polar surface area (TPSA) is 77.2 Å². The molecule has 0 aliphatic heterocycles. The van der Waals surface area contributed by atoms with Crippen LogP contribution in [0.5, 0.6) is 0 Å². The summed E-state index contributed by atoms with van der Waals surface area (Å²) in [6.45, 7) is 7.04. The molecule has 0 spiro atoms. The maximum absolute atomic E-state index is 12.6. The SMILES string of the molecule is CCCCCCCCCC(=O)c1cc(C)c(C(N)=O)c(C(C)=O)c1C. The fraction of sp³-hybridized carbons (Fsp3) is 0.571. The van der Waals surface area contributed by atoms with Crippen molar-refractivity contribution < 1.29 is 14.4 Å². The van der Waals surface area contributed by atoms with Crippen molar-refractivity contribution in [2.75, 3.05) is 0 Å². The quantitative estimate of drug-likeness (QED) is 0.456. The van der Waals surface area contributed by atoms with Crippen molar-refractivity contribution >= 4 is 17.5 Å². The van der Waals surface area contributed by atoms with Gasteiger partial charge in [0.1, 0.15) is 0 Å². The smallest absolute Gasteiger partial charge is 0.249 e. The van der Waals surface area contributed by atoms with Crippen LogP contribution in [-0.2, 0) is 0 Å². The summed E-state index contributed by atoms with van der Waals surface area (Å²) in [4.78, 5) is 36.3. The first-order valence-corrected chi connectivity index (χ1v) is 9.29. The average Bonchev–Trinajstić information content (AvgIpc) is 2.54. The van der Waals surface area contributed by atoms with E-state index in [1.165, 1.54) is 32.6 Å². The van der Waals surface area contributed by atoms with Crippen LogP contribution in [0.15, 0.2) is 6.07 Å². The molecule has 0 heterocycles. The van der Waals surface area contributed by atoms with Crippen molar-refractivity contribution in [1.82, 2.24) is 0 Å². The van der Waals surface area contributed by atoms with E-state index in [0.29, 0.717) is 23.1 Å². The highest BCUT2D eigenvalue weighted by Gasteiger charge is 2.22. The van der Waals surface area contributed by atoms with Gasteiger partial charge in [-0.25, -0.2) is 0 Å². The Bertz CT molecular complexity index is 647. The number of ketones is 2. The molecule has 0 aliphatic rings. The summed E-state index contributed by atoms with van der Waals surface area (Å²) in [6.07, 6.45) is 8.53. The van der Waals surface area contributed by atoms with Gasteiger partial charge in [-0.05, 0) is 44.4 Å². The molecule has 0 radical (unpaired) electrons. The largest absolute Gasteiger partial charge is 0.366 e. The Kier molecular flexibility index (Phi) is 8.53. The summed E-state index contributed by atoms with van der Waals surface area (Å²) >= 11 is 0. The van der Waals surface area contributed by atoms with Gasteiger partial charge < -0.3 is 5.73 Å². The molecule has 0 saturated heterocycles. The zero-order chi connectivity index (χ0) is 19.0. The van der Waals surface area contributed by atoms with Gasteiger partial charge >= 0.3 is 0 Å². The van der Waals surface area contributed by atoms with Crippen LogP contribution in [0.1, 0.15) is 107 Å². The van der Waals surface area contributed by atoms with E-state index in [2.05, 4.69) is 6.92 Å². The van der Waals surface area contributed by atoms with Crippen molar-refractivity contribution in [1.29, 1.82) is 0 Å². The molecule has 138 valence electrons. The molecule has 4 nitrogen and oxygen atoms in total. The van der Waals surface area contributed by atoms with Gasteiger partial charge in [0.05, 0.1) is 5.56 Å². The lowest BCUT2D eigenvalue weighted by Crippen LogP contribution is -2.20. The summed E-state index contributed by atoms with van der Waals surface area (Å²) in [7, 11) is 0. The summed E-state index contributed by atoms with van der Waals surface area (Å²) < 4.78 is 0. The van der Waals surface area contributed by atoms with E-state index in [-0.39, 0.29) is 22.7 Å². The van der Waals surface area contributed by atoms with E-state index >= 15 is 0 Å². The van der Waals surface area contributed by atoms with E-state index < -0.39 is 5.91 Å². The lowest BCUT2D eigenvalue weighted by Gasteiger charge is -2.15. The number of nitrogens with two attached hydrogens (primary N) is 1. The van der Waals surface area contributed by atoms with Crippen LogP contribution < -0.4 is 5.73 Å². The second kappa shape index (κ2) is 10.1. The number of carbonyl (C=O) groups is 3. The zero-order valence-corrected chi connectivity index (χ0v) is 16.0. The second-order valence-corrected chi connectivity index (χ2v) is 6.83. The Balaban J connectivity index is 2.83. The first-order valence-electron chi connectivity index (χ1n) is 9.29. The summed E-state index contributed by atoms with van der Waals surface area (Å²) in [5.74, 6) is -0.829. The molecule has 25 heavy (non-hydrogen) atoms.